The summed E-state index contributed by atoms with van der Waals surface area (Å²) in [6.07, 6.45) is 2.44. The Balaban J connectivity index is 1.58. The van der Waals surface area contributed by atoms with E-state index in [0.29, 0.717) is 17.0 Å². The number of carbonyl (C=O) groups excluding carboxylic acids is 1. The molecule has 0 aliphatic carbocycles. The molecular weight excluding hydrogens is 324 g/mol. The lowest BCUT2D eigenvalue weighted by atomic mass is 9.97. The topological polar surface area (TPSA) is 75.0 Å². The zero-order chi connectivity index (χ0) is 18.1. The molecule has 0 bridgehead atoms. The number of H-pyrrole nitrogens is 1. The van der Waals surface area contributed by atoms with E-state index in [-0.39, 0.29) is 0 Å². The Kier molecular flexibility index (Phi) is 4.47. The molecule has 0 saturated carbocycles. The molecule has 2 heterocycles. The number of hydrogen-bond acceptors (Lipinski definition) is 3. The Bertz CT molecular complexity index is 929. The van der Waals surface area contributed by atoms with Crippen LogP contribution in [0.5, 0.6) is 0 Å². The molecular formula is C21H24N4O. The predicted molar refractivity (Wildman–Crippen MR) is 104 cm³/mol. The van der Waals surface area contributed by atoms with Crippen LogP contribution in [0.3, 0.4) is 0 Å². The first-order valence-corrected chi connectivity index (χ1v) is 9.27. The van der Waals surface area contributed by atoms with Gasteiger partial charge in [-0.05, 0) is 49.5 Å². The lowest BCUT2D eigenvalue weighted by molar-refractivity contribution is 0.100. The van der Waals surface area contributed by atoms with Gasteiger partial charge >= 0.3 is 0 Å². The Hall–Kier alpha value is -2.66. The van der Waals surface area contributed by atoms with Crippen molar-refractivity contribution in [1.29, 1.82) is 0 Å². The van der Waals surface area contributed by atoms with Gasteiger partial charge in [-0.2, -0.15) is 0 Å². The quantitative estimate of drug-likeness (QED) is 0.741. The van der Waals surface area contributed by atoms with E-state index < -0.39 is 5.91 Å². The van der Waals surface area contributed by atoms with E-state index in [1.54, 1.807) is 6.07 Å². The van der Waals surface area contributed by atoms with E-state index >= 15 is 0 Å². The summed E-state index contributed by atoms with van der Waals surface area (Å²) in [4.78, 5) is 22.0. The van der Waals surface area contributed by atoms with Crippen LogP contribution in [0.15, 0.2) is 42.5 Å². The molecule has 1 saturated heterocycles. The minimum Gasteiger partial charge on any atom is -0.366 e. The van der Waals surface area contributed by atoms with E-state index in [4.69, 9.17) is 5.73 Å². The third-order valence-electron chi connectivity index (χ3n) is 5.25. The maximum Gasteiger partial charge on any atom is 0.250 e. The van der Waals surface area contributed by atoms with Crippen LogP contribution in [-0.2, 0) is 0 Å². The lowest BCUT2D eigenvalue weighted by Crippen LogP contribution is -2.20. The third-order valence-corrected chi connectivity index (χ3v) is 5.25. The predicted octanol–water partition coefficient (Wildman–Crippen LogP) is 3.53. The van der Waals surface area contributed by atoms with Crippen LogP contribution in [0.25, 0.3) is 22.4 Å². The molecule has 0 spiro atoms. The number of aromatic amines is 1. The summed E-state index contributed by atoms with van der Waals surface area (Å²) < 4.78 is 0. The van der Waals surface area contributed by atoms with Gasteiger partial charge in [-0.3, -0.25) is 4.79 Å². The number of nitrogens with two attached hydrogens (primary N) is 1. The minimum atomic E-state index is -0.457. The number of carbonyl (C=O) groups is 1. The van der Waals surface area contributed by atoms with Gasteiger partial charge in [0.25, 0.3) is 5.91 Å². The molecule has 26 heavy (non-hydrogen) atoms. The van der Waals surface area contributed by atoms with Crippen LogP contribution in [-0.4, -0.2) is 40.4 Å². The smallest absolute Gasteiger partial charge is 0.250 e. The van der Waals surface area contributed by atoms with E-state index in [9.17, 15) is 4.79 Å². The maximum absolute atomic E-state index is 11.6. The Morgan fingerprint density at radius 1 is 1.27 bits per heavy atom. The Morgan fingerprint density at radius 2 is 2.08 bits per heavy atom. The van der Waals surface area contributed by atoms with Crippen molar-refractivity contribution in [2.75, 3.05) is 19.6 Å². The summed E-state index contributed by atoms with van der Waals surface area (Å²) >= 11 is 0. The summed E-state index contributed by atoms with van der Waals surface area (Å²) in [6, 6.07) is 14.1. The molecule has 2 aromatic carbocycles. The number of rotatable bonds is 5. The first-order valence-electron chi connectivity index (χ1n) is 9.27. The molecule has 5 heteroatoms. The minimum absolute atomic E-state index is 0.448. The van der Waals surface area contributed by atoms with Crippen molar-refractivity contribution in [3.63, 3.8) is 0 Å². The second-order valence-corrected chi connectivity index (χ2v) is 7.06. The van der Waals surface area contributed by atoms with Crippen molar-refractivity contribution in [3.8, 4) is 11.4 Å². The summed E-state index contributed by atoms with van der Waals surface area (Å²) in [5.74, 6) is 0.925. The van der Waals surface area contributed by atoms with Gasteiger partial charge in [0.2, 0.25) is 0 Å². The summed E-state index contributed by atoms with van der Waals surface area (Å²) in [7, 11) is 0. The van der Waals surface area contributed by atoms with Crippen LogP contribution in [0.4, 0.5) is 0 Å². The van der Waals surface area contributed by atoms with Gasteiger partial charge in [-0.25, -0.2) is 4.98 Å². The molecule has 1 aromatic heterocycles. The van der Waals surface area contributed by atoms with Crippen LogP contribution in [0.1, 0.15) is 41.6 Å². The molecule has 0 radical (unpaired) electrons. The number of imidazole rings is 1. The van der Waals surface area contributed by atoms with Gasteiger partial charge in [0.1, 0.15) is 11.3 Å². The van der Waals surface area contributed by atoms with Gasteiger partial charge in [-0.1, -0.05) is 37.3 Å². The number of hydrogen-bond donors (Lipinski definition) is 2. The highest BCUT2D eigenvalue weighted by Gasteiger charge is 2.23. The lowest BCUT2D eigenvalue weighted by Gasteiger charge is -2.15. The average Bonchev–Trinajstić information content (AvgIpc) is 3.28. The van der Waals surface area contributed by atoms with E-state index in [1.807, 2.05) is 12.1 Å². The van der Waals surface area contributed by atoms with Gasteiger partial charge in [0.15, 0.2) is 0 Å². The fraction of sp³-hybridized carbons (Fsp3) is 0.333. The van der Waals surface area contributed by atoms with Crippen LogP contribution in [0.2, 0.25) is 0 Å². The zero-order valence-electron chi connectivity index (χ0n) is 15.0. The van der Waals surface area contributed by atoms with Crippen LogP contribution < -0.4 is 5.73 Å². The van der Waals surface area contributed by atoms with Gasteiger partial charge in [-0.15, -0.1) is 0 Å². The average molecular weight is 348 g/mol. The molecule has 3 aromatic rings. The van der Waals surface area contributed by atoms with Crippen molar-refractivity contribution >= 4 is 16.9 Å². The number of benzene rings is 2. The van der Waals surface area contributed by atoms with E-state index in [1.165, 1.54) is 31.5 Å². The molecule has 1 amide bonds. The molecule has 3 N–H and O–H groups in total. The molecule has 5 nitrogen and oxygen atoms in total. The van der Waals surface area contributed by atoms with Crippen molar-refractivity contribution in [1.82, 2.24) is 14.9 Å². The first-order chi connectivity index (χ1) is 12.7. The number of para-hydroxylation sites is 1. The summed E-state index contributed by atoms with van der Waals surface area (Å²) in [5.41, 5.74) is 9.76. The highest BCUT2D eigenvalue weighted by atomic mass is 16.1. The number of aromatic nitrogens is 2. The first kappa shape index (κ1) is 16.8. The van der Waals surface area contributed by atoms with Crippen LogP contribution >= 0.6 is 0 Å². The normalized spacial score (nSPS) is 17.8. The van der Waals surface area contributed by atoms with Gasteiger partial charge in [0, 0.05) is 12.1 Å². The maximum atomic E-state index is 11.6. The third kappa shape index (κ3) is 3.10. The zero-order valence-corrected chi connectivity index (χ0v) is 15.0. The van der Waals surface area contributed by atoms with Crippen molar-refractivity contribution < 1.29 is 4.79 Å². The number of fused-ring (bicyclic) bond motifs is 1. The van der Waals surface area contributed by atoms with Crippen molar-refractivity contribution in [3.05, 3.63) is 53.6 Å². The number of primary amides is 1. The number of nitrogens with zero attached hydrogens (tertiary/aromatic N) is 2. The van der Waals surface area contributed by atoms with Crippen molar-refractivity contribution in [2.24, 2.45) is 5.73 Å². The van der Waals surface area contributed by atoms with E-state index in [2.05, 4.69) is 46.1 Å². The Morgan fingerprint density at radius 3 is 2.81 bits per heavy atom. The molecule has 1 unspecified atom stereocenters. The fourth-order valence-electron chi connectivity index (χ4n) is 3.90. The Labute approximate surface area is 153 Å². The molecule has 1 aliphatic rings. The number of amides is 1. The number of likely N-dealkylation sites (tertiary alicyclic amines) is 1. The molecule has 1 fully saturated rings. The highest BCUT2D eigenvalue weighted by Crippen LogP contribution is 2.29. The van der Waals surface area contributed by atoms with Gasteiger partial charge in [0.05, 0.1) is 11.1 Å². The summed E-state index contributed by atoms with van der Waals surface area (Å²) in [6.45, 7) is 5.77. The second kappa shape index (κ2) is 6.92. The summed E-state index contributed by atoms with van der Waals surface area (Å²) in [5, 5.41) is 0. The second-order valence-electron chi connectivity index (χ2n) is 7.06. The van der Waals surface area contributed by atoms with E-state index in [0.717, 1.165) is 23.4 Å². The highest BCUT2D eigenvalue weighted by molar-refractivity contribution is 6.04. The van der Waals surface area contributed by atoms with Gasteiger partial charge < -0.3 is 15.6 Å². The van der Waals surface area contributed by atoms with Crippen LogP contribution in [0, 0.1) is 0 Å². The SMILES string of the molecule is CCCN1CCC(c2ccc(-c3nc4c(C(N)=O)cccc4[nH]3)cc2)C1. The fourth-order valence-corrected chi connectivity index (χ4v) is 3.90. The molecule has 1 atom stereocenters. The molecule has 1 aliphatic heterocycles. The molecule has 134 valence electrons. The molecule has 4 rings (SSSR count). The number of nitrogens with one attached hydrogen (secondary N) is 1. The van der Waals surface area contributed by atoms with Crippen molar-refractivity contribution in [2.45, 2.75) is 25.7 Å². The standard InChI is InChI=1S/C21H24N4O/c1-2-11-25-12-10-16(13-25)14-6-8-15(9-7-14)21-23-18-5-3-4-17(20(22)26)19(18)24-21/h3-9,16H,2,10-13H2,1H3,(H2,22,26)(H,23,24). The largest absolute Gasteiger partial charge is 0.366 e. The monoisotopic (exact) mass is 348 g/mol.